The average molecular weight is 278 g/mol. The number of aryl methyl sites for hydroxylation is 1. The Balaban J connectivity index is 1.59. The van der Waals surface area contributed by atoms with Crippen LogP contribution in [0.1, 0.15) is 5.56 Å². The second-order valence-corrected chi connectivity index (χ2v) is 4.91. The quantitative estimate of drug-likeness (QED) is 0.781. The van der Waals surface area contributed by atoms with Crippen LogP contribution in [-0.4, -0.2) is 56.8 Å². The third kappa shape index (κ3) is 5.19. The van der Waals surface area contributed by atoms with Crippen molar-refractivity contribution in [1.29, 1.82) is 0 Å². The van der Waals surface area contributed by atoms with E-state index in [0.29, 0.717) is 12.4 Å². The van der Waals surface area contributed by atoms with Gasteiger partial charge in [0.15, 0.2) is 6.61 Å². The molecule has 0 aliphatic carbocycles. The van der Waals surface area contributed by atoms with Crippen LogP contribution in [-0.2, 0) is 9.53 Å². The van der Waals surface area contributed by atoms with Gasteiger partial charge in [0.05, 0.1) is 0 Å². The molecule has 0 aromatic heterocycles. The highest BCUT2D eigenvalue weighted by Crippen LogP contribution is 2.11. The molecule has 1 aliphatic rings. The lowest BCUT2D eigenvalue weighted by atomic mass is 10.2. The van der Waals surface area contributed by atoms with Gasteiger partial charge >= 0.3 is 5.97 Å². The first-order valence-corrected chi connectivity index (χ1v) is 7.02. The Morgan fingerprint density at radius 2 is 1.95 bits per heavy atom. The van der Waals surface area contributed by atoms with E-state index in [1.807, 2.05) is 31.2 Å². The maximum absolute atomic E-state index is 11.5. The summed E-state index contributed by atoms with van der Waals surface area (Å²) in [5.41, 5.74) is 1.16. The zero-order valence-electron chi connectivity index (χ0n) is 11.9. The fourth-order valence-corrected chi connectivity index (χ4v) is 2.04. The van der Waals surface area contributed by atoms with Gasteiger partial charge in [0.25, 0.3) is 0 Å². The highest BCUT2D eigenvalue weighted by Gasteiger charge is 2.10. The fraction of sp³-hybridized carbons (Fsp3) is 0.533. The molecule has 1 fully saturated rings. The molecular weight excluding hydrogens is 256 g/mol. The Morgan fingerprint density at radius 3 is 2.65 bits per heavy atom. The largest absolute Gasteiger partial charge is 0.482 e. The number of hydrogen-bond acceptors (Lipinski definition) is 5. The molecule has 1 aliphatic heterocycles. The van der Waals surface area contributed by atoms with Gasteiger partial charge in [0, 0.05) is 32.7 Å². The molecule has 0 atom stereocenters. The molecule has 1 saturated heterocycles. The van der Waals surface area contributed by atoms with Crippen molar-refractivity contribution < 1.29 is 14.3 Å². The van der Waals surface area contributed by atoms with Crippen molar-refractivity contribution in [3.8, 4) is 5.75 Å². The summed E-state index contributed by atoms with van der Waals surface area (Å²) in [5, 5.41) is 3.29. The van der Waals surface area contributed by atoms with Crippen molar-refractivity contribution >= 4 is 5.97 Å². The van der Waals surface area contributed by atoms with Gasteiger partial charge in [-0.3, -0.25) is 4.90 Å². The van der Waals surface area contributed by atoms with Crippen molar-refractivity contribution in [1.82, 2.24) is 10.2 Å². The Morgan fingerprint density at radius 1 is 1.25 bits per heavy atom. The number of carbonyl (C=O) groups excluding carboxylic acids is 1. The van der Waals surface area contributed by atoms with E-state index in [2.05, 4.69) is 10.2 Å². The average Bonchev–Trinajstić information content (AvgIpc) is 2.48. The molecule has 5 heteroatoms. The number of rotatable bonds is 6. The topological polar surface area (TPSA) is 50.8 Å². The number of nitrogens with one attached hydrogen (secondary N) is 1. The molecule has 20 heavy (non-hydrogen) atoms. The first-order valence-electron chi connectivity index (χ1n) is 7.02. The van der Waals surface area contributed by atoms with Gasteiger partial charge in [-0.05, 0) is 19.1 Å². The molecule has 1 N–H and O–H groups in total. The fourth-order valence-electron chi connectivity index (χ4n) is 2.04. The molecule has 5 nitrogen and oxygen atoms in total. The Hall–Kier alpha value is -1.59. The number of esters is 1. The summed E-state index contributed by atoms with van der Waals surface area (Å²) in [7, 11) is 0. The van der Waals surface area contributed by atoms with Crippen LogP contribution in [0.3, 0.4) is 0 Å². The van der Waals surface area contributed by atoms with Crippen LogP contribution in [0.15, 0.2) is 24.3 Å². The van der Waals surface area contributed by atoms with Gasteiger partial charge in [0.1, 0.15) is 12.4 Å². The van der Waals surface area contributed by atoms with Crippen LogP contribution in [0.2, 0.25) is 0 Å². The molecule has 0 saturated carbocycles. The predicted molar refractivity (Wildman–Crippen MR) is 76.9 cm³/mol. The van der Waals surface area contributed by atoms with E-state index in [0.717, 1.165) is 38.3 Å². The van der Waals surface area contributed by atoms with Crippen molar-refractivity contribution in [3.63, 3.8) is 0 Å². The van der Waals surface area contributed by atoms with Gasteiger partial charge in [0.2, 0.25) is 0 Å². The zero-order valence-corrected chi connectivity index (χ0v) is 11.9. The lowest BCUT2D eigenvalue weighted by molar-refractivity contribution is -0.146. The lowest BCUT2D eigenvalue weighted by Gasteiger charge is -2.26. The SMILES string of the molecule is Cc1ccc(OCC(=O)OCCN2CCNCC2)cc1. The number of ether oxygens (including phenoxy) is 2. The normalized spacial score (nSPS) is 15.8. The highest BCUT2D eigenvalue weighted by atomic mass is 16.6. The first-order chi connectivity index (χ1) is 9.74. The Kier molecular flexibility index (Phi) is 5.83. The standard InChI is InChI=1S/C15H22N2O3/c1-13-2-4-14(5-3-13)20-12-15(18)19-11-10-17-8-6-16-7-9-17/h2-5,16H,6-12H2,1H3. The summed E-state index contributed by atoms with van der Waals surface area (Å²) >= 11 is 0. The van der Waals surface area contributed by atoms with Gasteiger partial charge in [-0.2, -0.15) is 0 Å². The molecule has 1 aromatic carbocycles. The molecule has 0 spiro atoms. The van der Waals surface area contributed by atoms with Crippen molar-refractivity contribution in [3.05, 3.63) is 29.8 Å². The second kappa shape index (κ2) is 7.87. The van der Waals surface area contributed by atoms with Crippen LogP contribution in [0.25, 0.3) is 0 Å². The van der Waals surface area contributed by atoms with E-state index in [9.17, 15) is 4.79 Å². The van der Waals surface area contributed by atoms with Gasteiger partial charge in [-0.15, -0.1) is 0 Å². The molecule has 1 aromatic rings. The Labute approximate surface area is 119 Å². The second-order valence-electron chi connectivity index (χ2n) is 4.91. The number of carbonyl (C=O) groups is 1. The van der Waals surface area contributed by atoms with Crippen LogP contribution in [0, 0.1) is 6.92 Å². The molecule has 1 heterocycles. The predicted octanol–water partition coefficient (Wildman–Crippen LogP) is 0.822. The summed E-state index contributed by atoms with van der Waals surface area (Å²) in [6.45, 7) is 7.22. The first kappa shape index (κ1) is 14.8. The van der Waals surface area contributed by atoms with Crippen molar-refractivity contribution in [2.24, 2.45) is 0 Å². The molecule has 0 unspecified atom stereocenters. The number of benzene rings is 1. The molecular formula is C15H22N2O3. The van der Waals surface area contributed by atoms with Crippen LogP contribution >= 0.6 is 0 Å². The lowest BCUT2D eigenvalue weighted by Crippen LogP contribution is -2.44. The smallest absolute Gasteiger partial charge is 0.344 e. The summed E-state index contributed by atoms with van der Waals surface area (Å²) in [5.74, 6) is 0.371. The maximum atomic E-state index is 11.5. The van der Waals surface area contributed by atoms with E-state index in [1.54, 1.807) is 0 Å². The van der Waals surface area contributed by atoms with Crippen LogP contribution in [0.5, 0.6) is 5.75 Å². The molecule has 110 valence electrons. The van der Waals surface area contributed by atoms with Crippen molar-refractivity contribution in [2.75, 3.05) is 45.9 Å². The number of hydrogen-bond donors (Lipinski definition) is 1. The molecule has 2 rings (SSSR count). The zero-order chi connectivity index (χ0) is 14.2. The van der Waals surface area contributed by atoms with Crippen LogP contribution in [0.4, 0.5) is 0 Å². The minimum Gasteiger partial charge on any atom is -0.482 e. The molecule has 0 radical (unpaired) electrons. The van der Waals surface area contributed by atoms with Crippen LogP contribution < -0.4 is 10.1 Å². The highest BCUT2D eigenvalue weighted by molar-refractivity contribution is 5.71. The Bertz CT molecular complexity index is 414. The minimum absolute atomic E-state index is 0.0371. The minimum atomic E-state index is -0.319. The monoisotopic (exact) mass is 278 g/mol. The number of nitrogens with zero attached hydrogens (tertiary/aromatic N) is 1. The van der Waals surface area contributed by atoms with E-state index in [4.69, 9.17) is 9.47 Å². The van der Waals surface area contributed by atoms with Crippen molar-refractivity contribution in [2.45, 2.75) is 6.92 Å². The van der Waals surface area contributed by atoms with E-state index in [-0.39, 0.29) is 12.6 Å². The summed E-state index contributed by atoms with van der Waals surface area (Å²) in [4.78, 5) is 13.8. The summed E-state index contributed by atoms with van der Waals surface area (Å²) in [6.07, 6.45) is 0. The van der Waals surface area contributed by atoms with Gasteiger partial charge < -0.3 is 14.8 Å². The number of piperazine rings is 1. The molecule has 0 amide bonds. The van der Waals surface area contributed by atoms with E-state index in [1.165, 1.54) is 0 Å². The third-order valence-electron chi connectivity index (χ3n) is 3.26. The van der Waals surface area contributed by atoms with E-state index >= 15 is 0 Å². The summed E-state index contributed by atoms with van der Waals surface area (Å²) in [6, 6.07) is 7.60. The van der Waals surface area contributed by atoms with Gasteiger partial charge in [-0.25, -0.2) is 4.79 Å². The summed E-state index contributed by atoms with van der Waals surface area (Å²) < 4.78 is 10.5. The van der Waals surface area contributed by atoms with Gasteiger partial charge in [-0.1, -0.05) is 17.7 Å². The maximum Gasteiger partial charge on any atom is 0.344 e. The third-order valence-corrected chi connectivity index (χ3v) is 3.26. The van der Waals surface area contributed by atoms with E-state index < -0.39 is 0 Å². The molecule has 0 bridgehead atoms.